The molecule has 2 N–H and O–H groups in total. The highest BCUT2D eigenvalue weighted by atomic mass is 16.5. The zero-order chi connectivity index (χ0) is 29.7. The van der Waals surface area contributed by atoms with Gasteiger partial charge in [-0.2, -0.15) is 0 Å². The van der Waals surface area contributed by atoms with Crippen LogP contribution in [0.25, 0.3) is 21.9 Å². The third kappa shape index (κ3) is 6.77. The van der Waals surface area contributed by atoms with Gasteiger partial charge in [0.2, 0.25) is 0 Å². The van der Waals surface area contributed by atoms with Gasteiger partial charge in [-0.05, 0) is 89.3 Å². The van der Waals surface area contributed by atoms with Crippen LogP contribution in [-0.2, 0) is 27.2 Å². The van der Waals surface area contributed by atoms with Crippen molar-refractivity contribution in [3.05, 3.63) is 84.0 Å². The summed E-state index contributed by atoms with van der Waals surface area (Å²) in [5, 5.41) is 19.2. The second-order valence-electron chi connectivity index (χ2n) is 9.70. The molecule has 0 bridgehead atoms. The first-order valence-electron chi connectivity index (χ1n) is 13.0. The number of ether oxygens (including phenoxy) is 1. The molecule has 0 saturated carbocycles. The molecule has 0 atom stereocenters. The summed E-state index contributed by atoms with van der Waals surface area (Å²) in [5.41, 5.74) is 4.26. The summed E-state index contributed by atoms with van der Waals surface area (Å²) in [4.78, 5) is 46.9. The molecule has 0 aliphatic rings. The van der Waals surface area contributed by atoms with E-state index < -0.39 is 5.97 Å². The topological polar surface area (TPSA) is 144 Å². The molecule has 0 fully saturated rings. The summed E-state index contributed by atoms with van der Waals surface area (Å²) < 4.78 is 16.1. The van der Waals surface area contributed by atoms with Crippen LogP contribution in [0.4, 0.5) is 0 Å². The lowest BCUT2D eigenvalue weighted by Crippen LogP contribution is -2.14. The number of rotatable bonds is 7. The van der Waals surface area contributed by atoms with Gasteiger partial charge in [-0.25, -0.2) is 0 Å². The number of hydrogen-bond acceptors (Lipinski definition) is 8. The maximum atomic E-state index is 12.6. The van der Waals surface area contributed by atoms with Crippen LogP contribution < -0.4 is 10.9 Å². The predicted octanol–water partition coefficient (Wildman–Crippen LogP) is 5.35. The minimum Gasteiger partial charge on any atom is -0.508 e. The van der Waals surface area contributed by atoms with Gasteiger partial charge in [0.15, 0.2) is 10.9 Å². The number of hydrogen-bond donors (Lipinski definition) is 2. The first kappa shape index (κ1) is 30.1. The molecule has 0 radical (unpaired) electrons. The number of phenolic OH excluding ortho intramolecular Hbond substituents is 1. The predicted molar refractivity (Wildman–Crippen MR) is 151 cm³/mol. The maximum Gasteiger partial charge on any atom is 0.306 e. The average molecular weight is 551 g/mol. The van der Waals surface area contributed by atoms with Gasteiger partial charge in [0, 0.05) is 30.0 Å². The fourth-order valence-corrected chi connectivity index (χ4v) is 4.36. The van der Waals surface area contributed by atoms with Gasteiger partial charge in [-0.15, -0.1) is 0 Å². The van der Waals surface area contributed by atoms with Gasteiger partial charge in [0.1, 0.15) is 28.4 Å². The average Bonchev–Trinajstić information content (AvgIpc) is 2.87. The van der Waals surface area contributed by atoms with Crippen molar-refractivity contribution in [1.82, 2.24) is 0 Å². The van der Waals surface area contributed by atoms with Crippen LogP contribution in [-0.4, -0.2) is 28.8 Å². The molecule has 0 aliphatic carbocycles. The molecule has 40 heavy (non-hydrogen) atoms. The van der Waals surface area contributed by atoms with Gasteiger partial charge >= 0.3 is 11.9 Å². The monoisotopic (exact) mass is 550 g/mol. The van der Waals surface area contributed by atoms with Crippen LogP contribution in [0.5, 0.6) is 5.75 Å². The highest BCUT2D eigenvalue weighted by Crippen LogP contribution is 2.24. The molecule has 212 valence electrons. The quantitative estimate of drug-likeness (QED) is 0.291. The largest absolute Gasteiger partial charge is 0.508 e. The smallest absolute Gasteiger partial charge is 0.306 e. The van der Waals surface area contributed by atoms with Crippen molar-refractivity contribution in [3.63, 3.8) is 0 Å². The summed E-state index contributed by atoms with van der Waals surface area (Å²) >= 11 is 0. The van der Waals surface area contributed by atoms with E-state index in [1.54, 1.807) is 33.8 Å². The standard InChI is InChI=1S/C17H20O4.C14H14O5/c1-5-20-16(18)7-6-13-12(4)21-15-9-11(3)10(2)8-14(15)17(13)19;1-7-5-10-12(6-11(7)15)19-8(2)9(14(10)18)3-4-13(16)17/h8-9H,5-7H2,1-4H3;5-6,15H,3-4H2,1-2H3,(H,16,17). The van der Waals surface area contributed by atoms with Crippen molar-refractivity contribution in [2.45, 2.75) is 67.2 Å². The molecule has 0 unspecified atom stereocenters. The minimum absolute atomic E-state index is 0.0545. The molecule has 9 heteroatoms. The van der Waals surface area contributed by atoms with E-state index in [9.17, 15) is 24.3 Å². The fraction of sp³-hybridized carbons (Fsp3) is 0.355. The summed E-state index contributed by atoms with van der Waals surface area (Å²) in [6.45, 7) is 11.1. The van der Waals surface area contributed by atoms with E-state index in [1.807, 2.05) is 26.0 Å². The van der Waals surface area contributed by atoms with E-state index in [4.69, 9.17) is 18.7 Å². The number of esters is 1. The van der Waals surface area contributed by atoms with E-state index in [0.717, 1.165) is 11.1 Å². The van der Waals surface area contributed by atoms with Gasteiger partial charge in [-0.3, -0.25) is 19.2 Å². The van der Waals surface area contributed by atoms with Gasteiger partial charge in [0.25, 0.3) is 0 Å². The number of aromatic hydroxyl groups is 1. The molecule has 2 aromatic heterocycles. The number of carboxylic acids is 1. The molecular formula is C31H34O9. The zero-order valence-electron chi connectivity index (χ0n) is 23.6. The first-order chi connectivity index (χ1) is 18.8. The van der Waals surface area contributed by atoms with E-state index in [-0.39, 0.29) is 41.8 Å². The Balaban J connectivity index is 0.000000222. The lowest BCUT2D eigenvalue weighted by Gasteiger charge is -2.08. The highest BCUT2D eigenvalue weighted by molar-refractivity contribution is 5.81. The molecule has 4 aromatic rings. The highest BCUT2D eigenvalue weighted by Gasteiger charge is 2.15. The zero-order valence-corrected chi connectivity index (χ0v) is 23.6. The Hall–Kier alpha value is -4.40. The van der Waals surface area contributed by atoms with Crippen LogP contribution in [0, 0.1) is 34.6 Å². The van der Waals surface area contributed by atoms with E-state index >= 15 is 0 Å². The number of benzene rings is 2. The van der Waals surface area contributed by atoms with Gasteiger partial charge in [0.05, 0.1) is 17.4 Å². The van der Waals surface area contributed by atoms with E-state index in [2.05, 4.69) is 0 Å². The minimum atomic E-state index is -0.958. The Morgan fingerprint density at radius 2 is 1.23 bits per heavy atom. The third-order valence-electron chi connectivity index (χ3n) is 6.78. The second-order valence-corrected chi connectivity index (χ2v) is 9.70. The second kappa shape index (κ2) is 12.6. The Morgan fingerprint density at radius 3 is 1.75 bits per heavy atom. The lowest BCUT2D eigenvalue weighted by molar-refractivity contribution is -0.143. The van der Waals surface area contributed by atoms with Crippen LogP contribution in [0.3, 0.4) is 0 Å². The van der Waals surface area contributed by atoms with Crippen molar-refractivity contribution in [2.75, 3.05) is 6.61 Å². The van der Waals surface area contributed by atoms with Crippen molar-refractivity contribution in [1.29, 1.82) is 0 Å². The summed E-state index contributed by atoms with van der Waals surface area (Å²) in [5.74, 6) is -0.229. The third-order valence-corrected chi connectivity index (χ3v) is 6.78. The maximum absolute atomic E-state index is 12.6. The first-order valence-corrected chi connectivity index (χ1v) is 13.0. The van der Waals surface area contributed by atoms with Crippen molar-refractivity contribution < 1.29 is 33.4 Å². The number of carbonyl (C=O) groups excluding carboxylic acids is 1. The molecule has 4 rings (SSSR count). The molecule has 0 saturated heterocycles. The number of carboxylic acid groups (broad SMARTS) is 1. The number of carbonyl (C=O) groups is 2. The summed E-state index contributed by atoms with van der Waals surface area (Å²) in [6, 6.07) is 6.69. The lowest BCUT2D eigenvalue weighted by atomic mass is 10.0. The van der Waals surface area contributed by atoms with Crippen molar-refractivity contribution in [2.24, 2.45) is 0 Å². The fourth-order valence-electron chi connectivity index (χ4n) is 4.36. The van der Waals surface area contributed by atoms with Gasteiger partial charge < -0.3 is 23.8 Å². The van der Waals surface area contributed by atoms with Crippen LogP contribution >= 0.6 is 0 Å². The van der Waals surface area contributed by atoms with Crippen LogP contribution in [0.2, 0.25) is 0 Å². The van der Waals surface area contributed by atoms with Crippen molar-refractivity contribution in [3.8, 4) is 5.75 Å². The Bertz CT molecular complexity index is 1710. The van der Waals surface area contributed by atoms with Gasteiger partial charge in [-0.1, -0.05) is 0 Å². The Morgan fingerprint density at radius 1 is 0.750 bits per heavy atom. The number of phenols is 1. The Kier molecular flexibility index (Phi) is 9.52. The van der Waals surface area contributed by atoms with E-state index in [0.29, 0.717) is 63.2 Å². The van der Waals surface area contributed by atoms with Crippen LogP contribution in [0.1, 0.15) is 59.1 Å². The van der Waals surface area contributed by atoms with Crippen molar-refractivity contribution >= 4 is 33.9 Å². The normalized spacial score (nSPS) is 10.8. The van der Waals surface area contributed by atoms with E-state index in [1.165, 1.54) is 6.07 Å². The summed E-state index contributed by atoms with van der Waals surface area (Å²) in [6.07, 6.45) is 0.555. The molecule has 2 heterocycles. The number of aryl methyl sites for hydroxylation is 5. The Labute approximate surface area is 231 Å². The SMILES string of the molecule is CCOC(=O)CCc1c(C)oc2cc(C)c(C)cc2c1=O.Cc1cc2c(=O)c(CCC(=O)O)c(C)oc2cc1O. The molecule has 2 aromatic carbocycles. The van der Waals surface area contributed by atoms with Crippen LogP contribution in [0.15, 0.2) is 42.7 Å². The summed E-state index contributed by atoms with van der Waals surface area (Å²) in [7, 11) is 0. The molecular weight excluding hydrogens is 516 g/mol. The molecule has 0 amide bonds. The molecule has 0 spiro atoms. The number of fused-ring (bicyclic) bond motifs is 2. The molecule has 0 aliphatic heterocycles. The molecule has 9 nitrogen and oxygen atoms in total. The number of aliphatic carboxylic acids is 1.